The molecule has 1 atom stereocenters. The van der Waals surface area contributed by atoms with Crippen LogP contribution in [0.1, 0.15) is 17.4 Å². The Morgan fingerprint density at radius 1 is 1.17 bits per heavy atom. The minimum atomic E-state index is -0.801. The molecule has 5 heteroatoms. The molecule has 0 saturated carbocycles. The lowest BCUT2D eigenvalue weighted by molar-refractivity contribution is -0.435. The van der Waals surface area contributed by atoms with Crippen molar-refractivity contribution >= 4 is 6.08 Å². The fourth-order valence-electron chi connectivity index (χ4n) is 1.92. The summed E-state index contributed by atoms with van der Waals surface area (Å²) in [5.74, 6) is 1.04. The van der Waals surface area contributed by atoms with Crippen LogP contribution in [0.2, 0.25) is 0 Å². The zero-order valence-corrected chi connectivity index (χ0v) is 9.28. The monoisotopic (exact) mass is 243 g/mol. The van der Waals surface area contributed by atoms with Crippen molar-refractivity contribution in [2.24, 2.45) is 0 Å². The predicted molar refractivity (Wildman–Crippen MR) is 63.5 cm³/mol. The molecule has 0 bridgehead atoms. The van der Waals surface area contributed by atoms with Gasteiger partial charge in [-0.3, -0.25) is 10.1 Å². The smallest absolute Gasteiger partial charge is 0.295 e. The number of para-hydroxylation sites is 1. The number of furan rings is 1. The molecule has 18 heavy (non-hydrogen) atoms. The van der Waals surface area contributed by atoms with Crippen LogP contribution >= 0.6 is 0 Å². The molecule has 0 spiro atoms. The second kappa shape index (κ2) is 4.03. The van der Waals surface area contributed by atoms with E-state index in [1.807, 2.05) is 12.1 Å². The van der Waals surface area contributed by atoms with Crippen LogP contribution in [0.3, 0.4) is 0 Å². The predicted octanol–water partition coefficient (Wildman–Crippen LogP) is 3.03. The summed E-state index contributed by atoms with van der Waals surface area (Å²) in [5.41, 5.74) is 0.677. The van der Waals surface area contributed by atoms with Crippen LogP contribution in [-0.4, -0.2) is 4.92 Å². The summed E-state index contributed by atoms with van der Waals surface area (Å²) in [5, 5.41) is 11.1. The fraction of sp³-hybridized carbons (Fsp3) is 0.0769. The van der Waals surface area contributed by atoms with Crippen LogP contribution in [0.15, 0.2) is 52.8 Å². The Hall–Kier alpha value is -2.56. The van der Waals surface area contributed by atoms with Gasteiger partial charge in [0.25, 0.3) is 5.70 Å². The highest BCUT2D eigenvalue weighted by atomic mass is 16.6. The third kappa shape index (κ3) is 1.66. The molecule has 2 heterocycles. The second-order valence-corrected chi connectivity index (χ2v) is 3.88. The Morgan fingerprint density at radius 2 is 2.00 bits per heavy atom. The first-order chi connectivity index (χ1) is 8.75. The van der Waals surface area contributed by atoms with Crippen molar-refractivity contribution in [2.45, 2.75) is 6.10 Å². The Balaban J connectivity index is 2.10. The van der Waals surface area contributed by atoms with Crippen molar-refractivity contribution in [2.75, 3.05) is 0 Å². The van der Waals surface area contributed by atoms with Crippen molar-refractivity contribution in [1.29, 1.82) is 0 Å². The van der Waals surface area contributed by atoms with E-state index in [1.54, 1.807) is 24.3 Å². The van der Waals surface area contributed by atoms with E-state index in [0.29, 0.717) is 17.1 Å². The van der Waals surface area contributed by atoms with Gasteiger partial charge in [0.15, 0.2) is 5.76 Å². The third-order valence-electron chi connectivity index (χ3n) is 2.75. The Bertz CT molecular complexity index is 616. The average Bonchev–Trinajstić information content (AvgIpc) is 2.91. The standard InChI is InChI=1S/C13H9NO4/c15-14(16)10-8-9-4-1-2-5-11(9)18-13(10)12-6-3-7-17-12/h1-8,13H. The minimum absolute atomic E-state index is 0.0244. The first kappa shape index (κ1) is 10.6. The number of hydrogen-bond acceptors (Lipinski definition) is 4. The Morgan fingerprint density at radius 3 is 2.72 bits per heavy atom. The van der Waals surface area contributed by atoms with Crippen LogP contribution in [0.5, 0.6) is 5.75 Å². The summed E-state index contributed by atoms with van der Waals surface area (Å²) in [6, 6.07) is 10.5. The molecular weight excluding hydrogens is 234 g/mol. The van der Waals surface area contributed by atoms with Gasteiger partial charge < -0.3 is 9.15 Å². The maximum absolute atomic E-state index is 11.1. The third-order valence-corrected chi connectivity index (χ3v) is 2.75. The van der Waals surface area contributed by atoms with Gasteiger partial charge in [-0.05, 0) is 18.2 Å². The van der Waals surface area contributed by atoms with E-state index >= 15 is 0 Å². The molecule has 1 unspecified atom stereocenters. The average molecular weight is 243 g/mol. The van der Waals surface area contributed by atoms with Gasteiger partial charge in [0.1, 0.15) is 5.75 Å². The lowest BCUT2D eigenvalue weighted by Crippen LogP contribution is -2.19. The van der Waals surface area contributed by atoms with E-state index in [2.05, 4.69) is 0 Å². The summed E-state index contributed by atoms with van der Waals surface area (Å²) in [6.45, 7) is 0. The Labute approximate surface area is 102 Å². The van der Waals surface area contributed by atoms with Crippen LogP contribution in [0.4, 0.5) is 0 Å². The summed E-state index contributed by atoms with van der Waals surface area (Å²) in [7, 11) is 0. The lowest BCUT2D eigenvalue weighted by Gasteiger charge is -2.20. The van der Waals surface area contributed by atoms with Crippen molar-refractivity contribution in [1.82, 2.24) is 0 Å². The normalized spacial score (nSPS) is 17.6. The SMILES string of the molecule is O=[N+]([O-])C1=Cc2ccccc2OC1c1ccco1. The summed E-state index contributed by atoms with van der Waals surface area (Å²) in [6.07, 6.45) is 2.19. The molecule has 1 aromatic heterocycles. The van der Waals surface area contributed by atoms with E-state index in [4.69, 9.17) is 9.15 Å². The summed E-state index contributed by atoms with van der Waals surface area (Å²) in [4.78, 5) is 10.6. The van der Waals surface area contributed by atoms with Gasteiger partial charge in [0, 0.05) is 11.6 Å². The molecule has 0 amide bonds. The highest BCUT2D eigenvalue weighted by Crippen LogP contribution is 2.37. The summed E-state index contributed by atoms with van der Waals surface area (Å²) < 4.78 is 10.8. The van der Waals surface area contributed by atoms with Crippen LogP contribution in [0.25, 0.3) is 6.08 Å². The molecule has 0 aliphatic carbocycles. The molecule has 1 aromatic carbocycles. The topological polar surface area (TPSA) is 65.5 Å². The lowest BCUT2D eigenvalue weighted by atomic mass is 10.1. The van der Waals surface area contributed by atoms with Gasteiger partial charge in [-0.15, -0.1) is 0 Å². The maximum Gasteiger partial charge on any atom is 0.295 e. The molecule has 1 aliphatic rings. The first-order valence-electron chi connectivity index (χ1n) is 5.41. The second-order valence-electron chi connectivity index (χ2n) is 3.88. The highest BCUT2D eigenvalue weighted by Gasteiger charge is 2.34. The molecule has 1 aliphatic heterocycles. The molecule has 0 N–H and O–H groups in total. The van der Waals surface area contributed by atoms with Crippen LogP contribution in [0, 0.1) is 10.1 Å². The van der Waals surface area contributed by atoms with Gasteiger partial charge in [0.05, 0.1) is 11.2 Å². The number of rotatable bonds is 2. The fourth-order valence-corrected chi connectivity index (χ4v) is 1.92. The van der Waals surface area contributed by atoms with E-state index in [0.717, 1.165) is 0 Å². The Kier molecular flexibility index (Phi) is 2.37. The number of nitro groups is 1. The van der Waals surface area contributed by atoms with Crippen LogP contribution < -0.4 is 4.74 Å². The van der Waals surface area contributed by atoms with E-state index < -0.39 is 11.0 Å². The minimum Gasteiger partial charge on any atom is -0.470 e. The van der Waals surface area contributed by atoms with Crippen molar-refractivity contribution < 1.29 is 14.1 Å². The number of benzene rings is 1. The number of hydrogen-bond donors (Lipinski definition) is 0. The van der Waals surface area contributed by atoms with E-state index in [-0.39, 0.29) is 5.70 Å². The molecule has 5 nitrogen and oxygen atoms in total. The molecule has 2 aromatic rings. The molecule has 90 valence electrons. The van der Waals surface area contributed by atoms with E-state index in [9.17, 15) is 10.1 Å². The van der Waals surface area contributed by atoms with Gasteiger partial charge in [-0.25, -0.2) is 0 Å². The molecule has 0 radical (unpaired) electrons. The quantitative estimate of drug-likeness (QED) is 0.600. The van der Waals surface area contributed by atoms with Crippen molar-refractivity contribution in [3.63, 3.8) is 0 Å². The van der Waals surface area contributed by atoms with Gasteiger partial charge >= 0.3 is 0 Å². The molecule has 0 fully saturated rings. The number of nitrogens with zero attached hydrogens (tertiary/aromatic N) is 1. The summed E-state index contributed by atoms with van der Waals surface area (Å²) >= 11 is 0. The molecular formula is C13H9NO4. The van der Waals surface area contributed by atoms with Crippen molar-refractivity contribution in [3.05, 3.63) is 69.8 Å². The van der Waals surface area contributed by atoms with Crippen molar-refractivity contribution in [3.8, 4) is 5.75 Å². The van der Waals surface area contributed by atoms with Gasteiger partial charge in [-0.1, -0.05) is 18.2 Å². The first-order valence-corrected chi connectivity index (χ1v) is 5.41. The zero-order chi connectivity index (χ0) is 12.5. The molecule has 0 saturated heterocycles. The highest BCUT2D eigenvalue weighted by molar-refractivity contribution is 5.61. The number of ether oxygens (including phenoxy) is 1. The van der Waals surface area contributed by atoms with E-state index in [1.165, 1.54) is 12.3 Å². The maximum atomic E-state index is 11.1. The largest absolute Gasteiger partial charge is 0.470 e. The van der Waals surface area contributed by atoms with Crippen LogP contribution in [-0.2, 0) is 0 Å². The number of fused-ring (bicyclic) bond motifs is 1. The zero-order valence-electron chi connectivity index (χ0n) is 9.28. The van der Waals surface area contributed by atoms with Gasteiger partial charge in [0.2, 0.25) is 6.10 Å². The molecule has 3 rings (SSSR count). The van der Waals surface area contributed by atoms with Gasteiger partial charge in [-0.2, -0.15) is 0 Å².